The number of methoxy groups -OCH3 is 2. The lowest BCUT2D eigenvalue weighted by atomic mass is 10.2. The van der Waals surface area contributed by atoms with Gasteiger partial charge in [-0.2, -0.15) is 0 Å². The summed E-state index contributed by atoms with van der Waals surface area (Å²) in [5, 5.41) is 11.2. The van der Waals surface area contributed by atoms with Crippen LogP contribution in [0.15, 0.2) is 46.9 Å². The van der Waals surface area contributed by atoms with E-state index in [1.165, 1.54) is 14.2 Å². The van der Waals surface area contributed by atoms with Gasteiger partial charge in [0.05, 0.1) is 20.8 Å². The highest BCUT2D eigenvalue weighted by molar-refractivity contribution is 6.30. The van der Waals surface area contributed by atoms with E-state index in [-0.39, 0.29) is 18.3 Å². The van der Waals surface area contributed by atoms with Crippen LogP contribution in [-0.2, 0) is 6.54 Å². The molecule has 0 aliphatic heterocycles. The molecule has 0 radical (unpaired) electrons. The summed E-state index contributed by atoms with van der Waals surface area (Å²) in [6, 6.07) is 11.9. The van der Waals surface area contributed by atoms with E-state index in [4.69, 9.17) is 25.5 Å². The number of carbonyl (C=O) groups excluding carboxylic acids is 1. The summed E-state index contributed by atoms with van der Waals surface area (Å²) in [7, 11) is 3.04. The van der Waals surface area contributed by atoms with Crippen molar-refractivity contribution in [3.05, 3.63) is 58.9 Å². The first kappa shape index (κ1) is 17.8. The van der Waals surface area contributed by atoms with Gasteiger partial charge in [-0.25, -0.2) is 0 Å². The number of hydrogen-bond acceptors (Lipinski definition) is 6. The zero-order chi connectivity index (χ0) is 18.5. The minimum Gasteiger partial charge on any atom is -0.497 e. The van der Waals surface area contributed by atoms with Crippen LogP contribution in [0.5, 0.6) is 11.5 Å². The molecule has 0 fully saturated rings. The highest BCUT2D eigenvalue weighted by Crippen LogP contribution is 2.23. The number of nitrogens with zero attached hydrogens (tertiary/aromatic N) is 2. The van der Waals surface area contributed by atoms with E-state index in [0.29, 0.717) is 28.0 Å². The average Bonchev–Trinajstić information content (AvgIpc) is 3.15. The van der Waals surface area contributed by atoms with E-state index in [9.17, 15) is 4.79 Å². The van der Waals surface area contributed by atoms with Crippen molar-refractivity contribution in [1.82, 2.24) is 15.5 Å². The number of carbonyl (C=O) groups is 1. The Bertz CT molecular complexity index is 887. The van der Waals surface area contributed by atoms with Crippen LogP contribution in [-0.4, -0.2) is 30.3 Å². The van der Waals surface area contributed by atoms with Crippen LogP contribution in [0.4, 0.5) is 0 Å². The first-order chi connectivity index (χ1) is 12.6. The molecule has 3 rings (SSSR count). The molecular formula is C18H16ClN3O4. The number of halogens is 1. The Kier molecular flexibility index (Phi) is 5.38. The molecule has 0 saturated carbocycles. The zero-order valence-electron chi connectivity index (χ0n) is 14.2. The van der Waals surface area contributed by atoms with Gasteiger partial charge in [-0.05, 0) is 36.4 Å². The molecule has 2 aromatic carbocycles. The second-order valence-corrected chi connectivity index (χ2v) is 5.73. The molecule has 0 aliphatic rings. The van der Waals surface area contributed by atoms with Crippen LogP contribution in [0.1, 0.15) is 16.2 Å². The molecule has 3 aromatic rings. The summed E-state index contributed by atoms with van der Waals surface area (Å²) in [5.41, 5.74) is 1.15. The fourth-order valence-electron chi connectivity index (χ4n) is 2.23. The minimum absolute atomic E-state index is 0.0962. The number of aromatic nitrogens is 2. The predicted molar refractivity (Wildman–Crippen MR) is 95.5 cm³/mol. The fraction of sp³-hybridized carbons (Fsp3) is 0.167. The molecule has 0 saturated heterocycles. The van der Waals surface area contributed by atoms with Gasteiger partial charge in [0, 0.05) is 22.2 Å². The Morgan fingerprint density at radius 2 is 1.73 bits per heavy atom. The van der Waals surface area contributed by atoms with E-state index in [2.05, 4.69) is 15.5 Å². The van der Waals surface area contributed by atoms with Gasteiger partial charge in [0.15, 0.2) is 0 Å². The van der Waals surface area contributed by atoms with Crippen LogP contribution in [0.2, 0.25) is 5.02 Å². The van der Waals surface area contributed by atoms with E-state index in [1.807, 2.05) is 0 Å². The summed E-state index contributed by atoms with van der Waals surface area (Å²) in [6.07, 6.45) is 0. The average molecular weight is 374 g/mol. The van der Waals surface area contributed by atoms with Gasteiger partial charge in [0.25, 0.3) is 5.91 Å². The Morgan fingerprint density at radius 1 is 1.08 bits per heavy atom. The van der Waals surface area contributed by atoms with Crippen molar-refractivity contribution in [2.75, 3.05) is 14.2 Å². The van der Waals surface area contributed by atoms with Crippen LogP contribution >= 0.6 is 11.6 Å². The van der Waals surface area contributed by atoms with E-state index < -0.39 is 0 Å². The lowest BCUT2D eigenvalue weighted by Crippen LogP contribution is -2.23. The fourth-order valence-corrected chi connectivity index (χ4v) is 2.36. The van der Waals surface area contributed by atoms with Crippen molar-refractivity contribution in [2.45, 2.75) is 6.54 Å². The van der Waals surface area contributed by atoms with Crippen molar-refractivity contribution in [1.29, 1.82) is 0 Å². The molecule has 1 heterocycles. The first-order valence-corrected chi connectivity index (χ1v) is 8.06. The maximum atomic E-state index is 12.3. The molecule has 134 valence electrons. The van der Waals surface area contributed by atoms with Gasteiger partial charge in [-0.3, -0.25) is 4.79 Å². The number of hydrogen-bond donors (Lipinski definition) is 1. The highest BCUT2D eigenvalue weighted by Gasteiger charge is 2.13. The molecule has 0 atom stereocenters. The van der Waals surface area contributed by atoms with Gasteiger partial charge in [0.2, 0.25) is 11.8 Å². The van der Waals surface area contributed by atoms with Crippen molar-refractivity contribution >= 4 is 17.5 Å². The Labute approximate surface area is 154 Å². The third kappa shape index (κ3) is 4.12. The number of nitrogens with one attached hydrogen (secondary N) is 1. The van der Waals surface area contributed by atoms with Gasteiger partial charge in [0.1, 0.15) is 11.5 Å². The molecule has 7 nitrogen and oxygen atoms in total. The van der Waals surface area contributed by atoms with Crippen LogP contribution < -0.4 is 14.8 Å². The van der Waals surface area contributed by atoms with Gasteiger partial charge in [-0.1, -0.05) is 11.6 Å². The normalized spacial score (nSPS) is 10.4. The van der Waals surface area contributed by atoms with Crippen molar-refractivity contribution in [3.63, 3.8) is 0 Å². The molecule has 26 heavy (non-hydrogen) atoms. The van der Waals surface area contributed by atoms with Crippen molar-refractivity contribution in [3.8, 4) is 23.0 Å². The minimum atomic E-state index is -0.312. The summed E-state index contributed by atoms with van der Waals surface area (Å²) in [6.45, 7) is 0.0962. The van der Waals surface area contributed by atoms with Crippen molar-refractivity contribution < 1.29 is 18.7 Å². The maximum Gasteiger partial charge on any atom is 0.251 e. The number of benzene rings is 2. The first-order valence-electron chi connectivity index (χ1n) is 7.68. The topological polar surface area (TPSA) is 86.5 Å². The summed E-state index contributed by atoms with van der Waals surface area (Å²) in [4.78, 5) is 12.3. The number of amides is 1. The zero-order valence-corrected chi connectivity index (χ0v) is 14.9. The molecular weight excluding hydrogens is 358 g/mol. The lowest BCUT2D eigenvalue weighted by Gasteiger charge is -2.08. The predicted octanol–water partition coefficient (Wildman–Crippen LogP) is 3.34. The molecule has 1 amide bonds. The quantitative estimate of drug-likeness (QED) is 0.713. The summed E-state index contributed by atoms with van der Waals surface area (Å²) in [5.74, 6) is 1.38. The van der Waals surface area contributed by atoms with E-state index >= 15 is 0 Å². The third-order valence-electron chi connectivity index (χ3n) is 3.57. The monoisotopic (exact) mass is 373 g/mol. The highest BCUT2D eigenvalue weighted by atomic mass is 35.5. The smallest absolute Gasteiger partial charge is 0.251 e. The third-order valence-corrected chi connectivity index (χ3v) is 3.82. The Hall–Kier alpha value is -3.06. The van der Waals surface area contributed by atoms with E-state index in [1.54, 1.807) is 42.5 Å². The lowest BCUT2D eigenvalue weighted by molar-refractivity contribution is 0.0946. The maximum absolute atomic E-state index is 12.3. The van der Waals surface area contributed by atoms with Gasteiger partial charge < -0.3 is 19.2 Å². The standard InChI is InChI=1S/C18H16ClN3O4/c1-24-14-7-12(8-15(9-14)25-2)17(23)20-10-16-21-22-18(26-16)11-3-5-13(19)6-4-11/h3-9H,10H2,1-2H3,(H,20,23). The second kappa shape index (κ2) is 7.88. The van der Waals surface area contributed by atoms with Gasteiger partial charge in [-0.15, -0.1) is 10.2 Å². The molecule has 0 unspecified atom stereocenters. The summed E-state index contributed by atoms with van der Waals surface area (Å²) < 4.78 is 15.9. The Balaban J connectivity index is 1.67. The molecule has 0 aliphatic carbocycles. The second-order valence-electron chi connectivity index (χ2n) is 5.29. The van der Waals surface area contributed by atoms with Gasteiger partial charge >= 0.3 is 0 Å². The Morgan fingerprint density at radius 3 is 2.35 bits per heavy atom. The number of ether oxygens (including phenoxy) is 2. The molecule has 1 aromatic heterocycles. The van der Waals surface area contributed by atoms with Crippen LogP contribution in [0.3, 0.4) is 0 Å². The van der Waals surface area contributed by atoms with Crippen LogP contribution in [0, 0.1) is 0 Å². The molecule has 0 bridgehead atoms. The summed E-state index contributed by atoms with van der Waals surface area (Å²) >= 11 is 5.86. The molecule has 0 spiro atoms. The number of rotatable bonds is 6. The largest absolute Gasteiger partial charge is 0.497 e. The van der Waals surface area contributed by atoms with Crippen molar-refractivity contribution in [2.24, 2.45) is 0 Å². The molecule has 8 heteroatoms. The van der Waals surface area contributed by atoms with Crippen LogP contribution in [0.25, 0.3) is 11.5 Å². The van der Waals surface area contributed by atoms with E-state index in [0.717, 1.165) is 5.56 Å². The SMILES string of the molecule is COc1cc(OC)cc(C(=O)NCc2nnc(-c3ccc(Cl)cc3)o2)c1. The molecule has 1 N–H and O–H groups in total.